The van der Waals surface area contributed by atoms with Gasteiger partial charge < -0.3 is 15.5 Å². The summed E-state index contributed by atoms with van der Waals surface area (Å²) in [5.74, 6) is -3.76. The van der Waals surface area contributed by atoms with Crippen LogP contribution >= 0.6 is 11.6 Å². The molecule has 1 aliphatic rings. The molecule has 1 unspecified atom stereocenters. The zero-order chi connectivity index (χ0) is 21.1. The summed E-state index contributed by atoms with van der Waals surface area (Å²) in [5.41, 5.74) is -1.46. The number of anilines is 2. The van der Waals surface area contributed by atoms with E-state index in [0.29, 0.717) is 6.07 Å². The Kier molecular flexibility index (Phi) is 6.12. The number of alkyl halides is 1. The summed E-state index contributed by atoms with van der Waals surface area (Å²) in [6.07, 6.45) is -1.02. The lowest BCUT2D eigenvalue weighted by Gasteiger charge is -2.17. The third-order valence-electron chi connectivity index (χ3n) is 4.26. The minimum atomic E-state index is -1.17. The van der Waals surface area contributed by atoms with Gasteiger partial charge in [0.15, 0.2) is 5.75 Å². The Morgan fingerprint density at radius 2 is 1.93 bits per heavy atom. The average molecular weight is 432 g/mol. The van der Waals surface area contributed by atoms with Crippen LogP contribution in [0.25, 0.3) is 0 Å². The Labute approximate surface area is 167 Å². The van der Waals surface area contributed by atoms with E-state index >= 15 is 0 Å². The van der Waals surface area contributed by atoms with Gasteiger partial charge in [0.05, 0.1) is 28.5 Å². The highest BCUT2D eigenvalue weighted by atomic mass is 35.5. The van der Waals surface area contributed by atoms with Crippen molar-refractivity contribution < 1.29 is 32.2 Å². The lowest BCUT2D eigenvalue weighted by molar-refractivity contribution is -0.00702. The van der Waals surface area contributed by atoms with Crippen LogP contribution in [-0.4, -0.2) is 36.1 Å². The van der Waals surface area contributed by atoms with Crippen molar-refractivity contribution in [3.8, 4) is 5.75 Å². The average Bonchev–Trinajstić information content (AvgIpc) is 3.12. The number of para-hydroxylation sites is 1. The highest BCUT2D eigenvalue weighted by molar-refractivity contribution is 6.34. The number of hydrogen-bond donors (Lipinski definition) is 2. The van der Waals surface area contributed by atoms with Crippen LogP contribution in [0.2, 0.25) is 5.02 Å². The molecule has 3 amide bonds. The Bertz CT molecular complexity index is 940. The molecule has 1 aliphatic heterocycles. The first-order valence-corrected chi connectivity index (χ1v) is 8.75. The van der Waals surface area contributed by atoms with Crippen molar-refractivity contribution in [2.75, 3.05) is 23.7 Å². The van der Waals surface area contributed by atoms with Crippen LogP contribution in [0, 0.1) is 11.6 Å². The molecule has 0 spiro atoms. The molecule has 0 aliphatic carbocycles. The Morgan fingerprint density at radius 1 is 1.17 bits per heavy atom. The Morgan fingerprint density at radius 3 is 2.55 bits per heavy atom. The van der Waals surface area contributed by atoms with E-state index in [-0.39, 0.29) is 30.2 Å². The summed E-state index contributed by atoms with van der Waals surface area (Å²) in [6.45, 7) is -0.00517. The molecule has 29 heavy (non-hydrogen) atoms. The number of urea groups is 1. The van der Waals surface area contributed by atoms with Crippen molar-refractivity contribution >= 4 is 34.9 Å². The maximum atomic E-state index is 14.4. The number of carbonyl (C=O) groups excluding carboxylic acids is 2. The normalized spacial score (nSPS) is 15.9. The number of benzene rings is 2. The van der Waals surface area contributed by atoms with E-state index in [9.17, 15) is 27.3 Å². The van der Waals surface area contributed by atoms with Crippen molar-refractivity contribution in [2.24, 2.45) is 0 Å². The van der Waals surface area contributed by atoms with E-state index in [1.807, 2.05) is 0 Å². The van der Waals surface area contributed by atoms with Gasteiger partial charge in [-0.05, 0) is 24.6 Å². The molecule has 154 valence electrons. The quantitative estimate of drug-likeness (QED) is 0.689. The summed E-state index contributed by atoms with van der Waals surface area (Å²) in [6, 6.07) is 4.22. The fourth-order valence-corrected chi connectivity index (χ4v) is 3.00. The zero-order valence-electron chi connectivity index (χ0n) is 14.6. The molecule has 0 saturated carbocycles. The molecule has 2 aromatic rings. The van der Waals surface area contributed by atoms with Gasteiger partial charge in [-0.15, -0.1) is 0 Å². The predicted octanol–water partition coefficient (Wildman–Crippen LogP) is 4.71. The van der Waals surface area contributed by atoms with Crippen LogP contribution in [0.3, 0.4) is 0 Å². The van der Waals surface area contributed by atoms with E-state index in [1.165, 1.54) is 12.1 Å². The number of halogens is 5. The number of likely N-dealkylation sites (tertiary alicyclic amines) is 1. The van der Waals surface area contributed by atoms with Gasteiger partial charge in [0.1, 0.15) is 17.8 Å². The van der Waals surface area contributed by atoms with Crippen molar-refractivity contribution in [1.29, 1.82) is 0 Å². The van der Waals surface area contributed by atoms with Crippen LogP contribution in [0.15, 0.2) is 30.3 Å². The van der Waals surface area contributed by atoms with Gasteiger partial charge in [0.2, 0.25) is 0 Å². The standard InChI is InChI=1S/C18H14ClF4N3O3/c19-11-2-1-3-12(21)16(11)25-17(27)10-6-13(22)14(7-15(10)29-23)24-18(28)26-5-4-9(20)8-26/h1-3,6-7,9H,4-5,8H2,(H,24,28)(H,25,27). The van der Waals surface area contributed by atoms with E-state index in [2.05, 4.69) is 15.6 Å². The molecular weight excluding hydrogens is 418 g/mol. The van der Waals surface area contributed by atoms with E-state index < -0.39 is 46.7 Å². The lowest BCUT2D eigenvalue weighted by atomic mass is 10.1. The second-order valence-corrected chi connectivity index (χ2v) is 6.63. The molecule has 1 atom stereocenters. The second-order valence-electron chi connectivity index (χ2n) is 6.22. The second kappa shape index (κ2) is 8.56. The number of amides is 3. The predicted molar refractivity (Wildman–Crippen MR) is 97.6 cm³/mol. The highest BCUT2D eigenvalue weighted by Gasteiger charge is 2.27. The summed E-state index contributed by atoms with van der Waals surface area (Å²) in [4.78, 5) is 29.1. The van der Waals surface area contributed by atoms with Gasteiger partial charge in [-0.1, -0.05) is 17.7 Å². The van der Waals surface area contributed by atoms with Gasteiger partial charge in [-0.3, -0.25) is 9.74 Å². The third kappa shape index (κ3) is 4.53. The molecule has 0 aromatic heterocycles. The molecular formula is C18H14ClF4N3O3. The number of nitrogens with zero attached hydrogens (tertiary/aromatic N) is 1. The van der Waals surface area contributed by atoms with Crippen molar-refractivity contribution in [3.63, 3.8) is 0 Å². The number of hydrogen-bond acceptors (Lipinski definition) is 3. The minimum absolute atomic E-state index is 0.123. The first-order valence-electron chi connectivity index (χ1n) is 8.37. The fourth-order valence-electron chi connectivity index (χ4n) is 2.78. The minimum Gasteiger partial charge on any atom is -0.322 e. The lowest BCUT2D eigenvalue weighted by Crippen LogP contribution is -2.33. The van der Waals surface area contributed by atoms with E-state index in [0.717, 1.165) is 17.0 Å². The topological polar surface area (TPSA) is 70.7 Å². The highest BCUT2D eigenvalue weighted by Crippen LogP contribution is 2.30. The monoisotopic (exact) mass is 431 g/mol. The van der Waals surface area contributed by atoms with Gasteiger partial charge in [-0.25, -0.2) is 18.0 Å². The van der Waals surface area contributed by atoms with Crippen LogP contribution in [0.1, 0.15) is 16.8 Å². The largest absolute Gasteiger partial charge is 0.322 e. The summed E-state index contributed by atoms with van der Waals surface area (Å²) >= 11 is 5.81. The van der Waals surface area contributed by atoms with Gasteiger partial charge in [0, 0.05) is 17.1 Å². The first-order chi connectivity index (χ1) is 13.8. The summed E-state index contributed by atoms with van der Waals surface area (Å²) in [7, 11) is 0. The fraction of sp³-hybridized carbons (Fsp3) is 0.222. The number of nitrogens with one attached hydrogen (secondary N) is 2. The molecule has 6 nitrogen and oxygen atoms in total. The zero-order valence-corrected chi connectivity index (χ0v) is 15.4. The Hall–Kier alpha value is -3.01. The van der Waals surface area contributed by atoms with Crippen LogP contribution < -0.4 is 15.6 Å². The summed E-state index contributed by atoms with van der Waals surface area (Å²) in [5, 5.41) is 4.15. The van der Waals surface area contributed by atoms with Gasteiger partial charge in [-0.2, -0.15) is 0 Å². The number of carbonyl (C=O) groups is 2. The molecule has 1 fully saturated rings. The van der Waals surface area contributed by atoms with Crippen LogP contribution in [-0.2, 0) is 0 Å². The van der Waals surface area contributed by atoms with Gasteiger partial charge in [0.25, 0.3) is 5.91 Å². The molecule has 11 heteroatoms. The molecule has 1 heterocycles. The van der Waals surface area contributed by atoms with Crippen LogP contribution in [0.4, 0.5) is 33.9 Å². The molecule has 0 bridgehead atoms. The number of rotatable bonds is 4. The van der Waals surface area contributed by atoms with E-state index in [1.54, 1.807) is 0 Å². The molecule has 2 N–H and O–H groups in total. The maximum Gasteiger partial charge on any atom is 0.322 e. The SMILES string of the molecule is O=C(Nc1c(F)cccc1Cl)c1cc(F)c(NC(=O)N2CCC(F)C2)cc1OF. The molecule has 0 radical (unpaired) electrons. The smallest absolute Gasteiger partial charge is 0.322 e. The first kappa shape index (κ1) is 20.7. The Balaban J connectivity index is 1.82. The maximum absolute atomic E-state index is 14.4. The van der Waals surface area contributed by atoms with Crippen LogP contribution in [0.5, 0.6) is 5.75 Å². The van der Waals surface area contributed by atoms with Crippen molar-refractivity contribution in [3.05, 3.63) is 52.6 Å². The van der Waals surface area contributed by atoms with Gasteiger partial charge >= 0.3 is 6.03 Å². The third-order valence-corrected chi connectivity index (χ3v) is 4.57. The summed E-state index contributed by atoms with van der Waals surface area (Å²) < 4.78 is 54.4. The molecule has 3 rings (SSSR count). The molecule has 1 saturated heterocycles. The van der Waals surface area contributed by atoms with Crippen molar-refractivity contribution in [2.45, 2.75) is 12.6 Å². The molecule has 2 aromatic carbocycles. The van der Waals surface area contributed by atoms with Crippen molar-refractivity contribution in [1.82, 2.24) is 4.90 Å². The van der Waals surface area contributed by atoms with E-state index in [4.69, 9.17) is 11.6 Å².